The molecular weight excluding hydrogens is 576 g/mol. The number of nitrogens with zero attached hydrogens (tertiary/aromatic N) is 4. The van der Waals surface area contributed by atoms with Crippen LogP contribution >= 0.6 is 11.3 Å². The monoisotopic (exact) mass is 610 g/mol. The zero-order chi connectivity index (χ0) is 29.8. The lowest BCUT2D eigenvalue weighted by molar-refractivity contribution is -0.0592. The van der Waals surface area contributed by atoms with Crippen molar-refractivity contribution >= 4 is 38.6 Å². The molecule has 3 aromatic carbocycles. The molecule has 10 heteroatoms. The summed E-state index contributed by atoms with van der Waals surface area (Å²) in [4.78, 5) is 23.9. The zero-order valence-electron chi connectivity index (χ0n) is 24.6. The molecule has 5 heterocycles. The first kappa shape index (κ1) is 27.6. The minimum atomic E-state index is -0.929. The summed E-state index contributed by atoms with van der Waals surface area (Å²) >= 11 is 1.69. The lowest BCUT2D eigenvalue weighted by Crippen LogP contribution is -2.35. The number of hydrogen-bond acceptors (Lipinski definition) is 8. The Morgan fingerprint density at radius 3 is 2.66 bits per heavy atom. The van der Waals surface area contributed by atoms with Gasteiger partial charge in [0.25, 0.3) is 0 Å². The second kappa shape index (κ2) is 11.2. The lowest BCUT2D eigenvalue weighted by atomic mass is 9.88. The van der Waals surface area contributed by atoms with Crippen LogP contribution in [0, 0.1) is 6.92 Å². The molecule has 3 aliphatic heterocycles. The van der Waals surface area contributed by atoms with Crippen LogP contribution in [-0.2, 0) is 17.8 Å². The minimum Gasteiger partial charge on any atom is -0.485 e. The standard InChI is InChI=1S/C34H34N4O5S/c1-20-4-2-6-26-32(20)44-33(36-26)29-19-42-28-7-3-5-24(31(28)43-29)21-10-13-37(14-11-21)18-30-35-25-9-8-22(34(39)40)16-27(25)38(30)17-23-12-15-41-23/h2-9,16,21,23,29H,10-15,17-19H2,1H3,(H,39,40)/t23-,29?/m0/s1. The summed E-state index contributed by atoms with van der Waals surface area (Å²) in [5.74, 6) is 2.06. The van der Waals surface area contributed by atoms with Crippen LogP contribution in [0.2, 0.25) is 0 Å². The summed E-state index contributed by atoms with van der Waals surface area (Å²) in [7, 11) is 0. The number of carbonyl (C=O) groups is 1. The number of fused-ring (bicyclic) bond motifs is 3. The van der Waals surface area contributed by atoms with Crippen molar-refractivity contribution in [3.63, 3.8) is 0 Å². The highest BCUT2D eigenvalue weighted by molar-refractivity contribution is 7.18. The third kappa shape index (κ3) is 5.00. The summed E-state index contributed by atoms with van der Waals surface area (Å²) in [6, 6.07) is 17.7. The predicted molar refractivity (Wildman–Crippen MR) is 168 cm³/mol. The van der Waals surface area contributed by atoms with Crippen LogP contribution in [0.5, 0.6) is 11.5 Å². The van der Waals surface area contributed by atoms with E-state index in [0.717, 1.165) is 77.8 Å². The van der Waals surface area contributed by atoms with Crippen LogP contribution in [0.1, 0.15) is 63.6 Å². The number of benzene rings is 3. The van der Waals surface area contributed by atoms with E-state index < -0.39 is 5.97 Å². The highest BCUT2D eigenvalue weighted by Gasteiger charge is 2.32. The SMILES string of the molecule is Cc1cccc2nc(C3COc4cccc(C5CCN(Cc6nc7ccc(C(=O)O)cc7n6C[C@@H]6CCO6)CC5)c4O3)sc12. The van der Waals surface area contributed by atoms with Gasteiger partial charge < -0.3 is 23.9 Å². The van der Waals surface area contributed by atoms with Gasteiger partial charge in [-0.1, -0.05) is 24.3 Å². The van der Waals surface area contributed by atoms with E-state index in [2.05, 4.69) is 40.7 Å². The fourth-order valence-electron chi connectivity index (χ4n) is 6.66. The van der Waals surface area contributed by atoms with Gasteiger partial charge in [-0.05, 0) is 81.1 Å². The Labute approximate surface area is 259 Å². The summed E-state index contributed by atoms with van der Waals surface area (Å²) in [5.41, 5.74) is 5.41. The number of aromatic carboxylic acids is 1. The fraction of sp³-hybridized carbons (Fsp3) is 0.382. The predicted octanol–water partition coefficient (Wildman–Crippen LogP) is 6.33. The number of aromatic nitrogens is 3. The maximum Gasteiger partial charge on any atom is 0.335 e. The van der Waals surface area contributed by atoms with Crippen molar-refractivity contribution < 1.29 is 24.1 Å². The van der Waals surface area contributed by atoms with Crippen LogP contribution in [0.3, 0.4) is 0 Å². The van der Waals surface area contributed by atoms with Crippen molar-refractivity contribution in [3.05, 3.63) is 82.1 Å². The Hall–Kier alpha value is -3.99. The number of thiazole rings is 1. The third-order valence-electron chi connectivity index (χ3n) is 9.21. The number of carboxylic acid groups (broad SMARTS) is 1. The Morgan fingerprint density at radius 2 is 1.89 bits per heavy atom. The Morgan fingerprint density at radius 1 is 1.05 bits per heavy atom. The van der Waals surface area contributed by atoms with E-state index >= 15 is 0 Å². The minimum absolute atomic E-state index is 0.146. The van der Waals surface area contributed by atoms with Crippen LogP contribution in [-0.4, -0.2) is 62.9 Å². The topological polar surface area (TPSA) is 98.9 Å². The van der Waals surface area contributed by atoms with Crippen molar-refractivity contribution in [1.82, 2.24) is 19.4 Å². The first-order valence-electron chi connectivity index (χ1n) is 15.3. The van der Waals surface area contributed by atoms with Gasteiger partial charge >= 0.3 is 5.97 Å². The van der Waals surface area contributed by atoms with Crippen molar-refractivity contribution in [2.45, 2.75) is 57.4 Å². The largest absolute Gasteiger partial charge is 0.485 e. The average Bonchev–Trinajstić information content (AvgIpc) is 3.60. The summed E-state index contributed by atoms with van der Waals surface area (Å²) < 4.78 is 22.0. The number of hydrogen-bond donors (Lipinski definition) is 1. The van der Waals surface area contributed by atoms with Crippen LogP contribution in [0.4, 0.5) is 0 Å². The highest BCUT2D eigenvalue weighted by Crippen LogP contribution is 2.45. The molecule has 0 radical (unpaired) electrons. The van der Waals surface area contributed by atoms with Crippen LogP contribution in [0.25, 0.3) is 21.3 Å². The van der Waals surface area contributed by atoms with E-state index in [1.807, 2.05) is 18.2 Å². The molecule has 0 bridgehead atoms. The highest BCUT2D eigenvalue weighted by atomic mass is 32.1. The number of carboxylic acids is 1. The van der Waals surface area contributed by atoms with E-state index in [4.69, 9.17) is 24.2 Å². The van der Waals surface area contributed by atoms with Gasteiger partial charge in [0, 0.05) is 12.2 Å². The normalized spacial score (nSPS) is 20.7. The number of aryl methyl sites for hydroxylation is 1. The molecule has 9 nitrogen and oxygen atoms in total. The fourth-order valence-corrected chi connectivity index (χ4v) is 7.71. The van der Waals surface area contributed by atoms with E-state index in [9.17, 15) is 9.90 Å². The summed E-state index contributed by atoms with van der Waals surface area (Å²) in [6.07, 6.45) is 2.93. The Balaban J connectivity index is 0.992. The van der Waals surface area contributed by atoms with Gasteiger partial charge in [-0.2, -0.15) is 0 Å². The number of para-hydroxylation sites is 1. The molecule has 0 amide bonds. The lowest BCUT2D eigenvalue weighted by Gasteiger charge is -2.34. The summed E-state index contributed by atoms with van der Waals surface area (Å²) in [6.45, 7) is 6.61. The van der Waals surface area contributed by atoms with E-state index in [1.54, 1.807) is 23.5 Å². The second-order valence-electron chi connectivity index (χ2n) is 12.0. The molecule has 3 aliphatic rings. The number of piperidine rings is 1. The number of imidazole rings is 1. The van der Waals surface area contributed by atoms with Gasteiger partial charge in [0.1, 0.15) is 17.4 Å². The van der Waals surface area contributed by atoms with Crippen molar-refractivity contribution in [3.8, 4) is 11.5 Å². The second-order valence-corrected chi connectivity index (χ2v) is 13.1. The van der Waals surface area contributed by atoms with Crippen molar-refractivity contribution in [1.29, 1.82) is 0 Å². The van der Waals surface area contributed by atoms with Gasteiger partial charge in [0.15, 0.2) is 17.6 Å². The van der Waals surface area contributed by atoms with E-state index in [-0.39, 0.29) is 17.8 Å². The zero-order valence-corrected chi connectivity index (χ0v) is 25.4. The van der Waals surface area contributed by atoms with Gasteiger partial charge in [-0.15, -0.1) is 11.3 Å². The number of likely N-dealkylation sites (tertiary alicyclic amines) is 1. The van der Waals surface area contributed by atoms with E-state index in [1.165, 1.54) is 15.8 Å². The maximum atomic E-state index is 11.7. The molecular formula is C34H34N4O5S. The number of rotatable bonds is 7. The average molecular weight is 611 g/mol. The van der Waals surface area contributed by atoms with Gasteiger partial charge in [-0.25, -0.2) is 14.8 Å². The molecule has 2 atom stereocenters. The van der Waals surface area contributed by atoms with E-state index in [0.29, 0.717) is 25.6 Å². The third-order valence-corrected chi connectivity index (χ3v) is 10.5. The van der Waals surface area contributed by atoms with Gasteiger partial charge in [-0.3, -0.25) is 4.90 Å². The van der Waals surface area contributed by atoms with Crippen LogP contribution < -0.4 is 9.47 Å². The molecule has 0 spiro atoms. The van der Waals surface area contributed by atoms with Crippen LogP contribution in [0.15, 0.2) is 54.6 Å². The quantitative estimate of drug-likeness (QED) is 0.228. The van der Waals surface area contributed by atoms with Gasteiger partial charge in [0.05, 0.1) is 46.0 Å². The molecule has 226 valence electrons. The molecule has 44 heavy (non-hydrogen) atoms. The molecule has 2 fully saturated rings. The molecule has 2 aromatic heterocycles. The molecule has 0 saturated carbocycles. The van der Waals surface area contributed by atoms with Gasteiger partial charge in [0.2, 0.25) is 0 Å². The van der Waals surface area contributed by atoms with Crippen molar-refractivity contribution in [2.24, 2.45) is 0 Å². The molecule has 1 N–H and O–H groups in total. The number of ether oxygens (including phenoxy) is 3. The maximum absolute atomic E-state index is 11.7. The first-order chi connectivity index (χ1) is 21.5. The molecule has 8 rings (SSSR count). The first-order valence-corrected chi connectivity index (χ1v) is 16.2. The van der Waals surface area contributed by atoms with Crippen molar-refractivity contribution in [2.75, 3.05) is 26.3 Å². The molecule has 0 aliphatic carbocycles. The Bertz CT molecular complexity index is 1870. The molecule has 1 unspecified atom stereocenters. The smallest absolute Gasteiger partial charge is 0.335 e. The molecule has 5 aromatic rings. The Kier molecular flexibility index (Phi) is 7.00. The molecule has 2 saturated heterocycles. The summed E-state index contributed by atoms with van der Waals surface area (Å²) in [5, 5.41) is 10.5.